The predicted octanol–water partition coefficient (Wildman–Crippen LogP) is 16.9. The molecule has 302 valence electrons. The standard InChI is InChI=1S/C63H50/c1-61(2)55-21-11-10-20-49(55)50-27-23-45(35-56(50)61)46-24-29-53-54-31-26-48(38-60(54)63(5,6)59(53)36-46)47-25-30-52-51-28-22-44(34-57(51)62(3,4)58(52)37-47)43-19-13-18-42(33-43)41-17-12-16-40(32-41)39-14-8-7-9-15-39/h7-38H,1-6H3. The molecule has 0 saturated carbocycles. The Kier molecular flexibility index (Phi) is 8.08. The zero-order valence-corrected chi connectivity index (χ0v) is 37.0. The number of benzene rings is 9. The Morgan fingerprint density at radius 1 is 0.190 bits per heavy atom. The second kappa shape index (κ2) is 13.5. The van der Waals surface area contributed by atoms with Gasteiger partial charge in [-0.1, -0.05) is 193 Å². The van der Waals surface area contributed by atoms with Crippen molar-refractivity contribution in [2.45, 2.75) is 57.8 Å². The predicted molar refractivity (Wildman–Crippen MR) is 266 cm³/mol. The Labute approximate surface area is 372 Å². The van der Waals surface area contributed by atoms with E-state index in [1.807, 2.05) is 0 Å². The average molecular weight is 807 g/mol. The topological polar surface area (TPSA) is 0 Å². The van der Waals surface area contributed by atoms with Gasteiger partial charge >= 0.3 is 0 Å². The van der Waals surface area contributed by atoms with Crippen LogP contribution in [-0.2, 0) is 16.2 Å². The number of hydrogen-bond acceptors (Lipinski definition) is 0. The molecule has 0 nitrogen and oxygen atoms in total. The Bertz CT molecular complexity index is 3350. The second-order valence-corrected chi connectivity index (χ2v) is 19.8. The van der Waals surface area contributed by atoms with E-state index in [4.69, 9.17) is 0 Å². The van der Waals surface area contributed by atoms with Crippen molar-refractivity contribution in [2.24, 2.45) is 0 Å². The number of rotatable bonds is 5. The lowest BCUT2D eigenvalue weighted by Crippen LogP contribution is -2.16. The van der Waals surface area contributed by atoms with Crippen LogP contribution < -0.4 is 0 Å². The van der Waals surface area contributed by atoms with Gasteiger partial charge in [0, 0.05) is 16.2 Å². The molecule has 0 aliphatic heterocycles. The molecule has 0 bridgehead atoms. The lowest BCUT2D eigenvalue weighted by molar-refractivity contribution is 0.659. The van der Waals surface area contributed by atoms with Gasteiger partial charge in [0.15, 0.2) is 0 Å². The maximum absolute atomic E-state index is 2.47. The molecular formula is C63H50. The molecule has 0 amide bonds. The summed E-state index contributed by atoms with van der Waals surface area (Å²) in [5.41, 5.74) is 28.8. The highest BCUT2D eigenvalue weighted by Crippen LogP contribution is 2.54. The third-order valence-electron chi connectivity index (χ3n) is 15.1. The number of hydrogen-bond donors (Lipinski definition) is 0. The lowest BCUT2D eigenvalue weighted by Gasteiger charge is -2.24. The summed E-state index contributed by atoms with van der Waals surface area (Å²) in [5.74, 6) is 0. The lowest BCUT2D eigenvalue weighted by atomic mass is 9.79. The molecule has 0 radical (unpaired) electrons. The van der Waals surface area contributed by atoms with E-state index in [2.05, 4.69) is 236 Å². The maximum Gasteiger partial charge on any atom is 0.0159 e. The Morgan fingerprint density at radius 3 is 0.810 bits per heavy atom. The van der Waals surface area contributed by atoms with Crippen LogP contribution in [0, 0.1) is 0 Å². The van der Waals surface area contributed by atoms with E-state index in [0.717, 1.165) is 0 Å². The molecule has 0 atom stereocenters. The van der Waals surface area contributed by atoms with Gasteiger partial charge in [0.25, 0.3) is 0 Å². The summed E-state index contributed by atoms with van der Waals surface area (Å²) < 4.78 is 0. The van der Waals surface area contributed by atoms with Crippen molar-refractivity contribution in [1.82, 2.24) is 0 Å². The molecule has 0 spiro atoms. The van der Waals surface area contributed by atoms with Gasteiger partial charge in [0.05, 0.1) is 0 Å². The normalized spacial score (nSPS) is 15.2. The first kappa shape index (κ1) is 37.7. The van der Waals surface area contributed by atoms with E-state index in [9.17, 15) is 0 Å². The fourth-order valence-corrected chi connectivity index (χ4v) is 11.5. The SMILES string of the molecule is CC1(C)c2ccccc2-c2ccc(-c3ccc4c(c3)C(C)(C)c3cc(-c5ccc6c(c5)C(C)(C)c5cc(-c7cccc(-c8cccc(-c9ccccc9)c8)c7)ccc5-6)ccc3-4)cc21. The fourth-order valence-electron chi connectivity index (χ4n) is 11.5. The average Bonchev–Trinajstić information content (AvgIpc) is 3.80. The summed E-state index contributed by atoms with van der Waals surface area (Å²) in [6.07, 6.45) is 0. The minimum absolute atomic E-state index is 0.0208. The molecule has 63 heavy (non-hydrogen) atoms. The van der Waals surface area contributed by atoms with Crippen LogP contribution in [0.5, 0.6) is 0 Å². The summed E-state index contributed by atoms with van der Waals surface area (Å²) in [4.78, 5) is 0. The number of fused-ring (bicyclic) bond motifs is 9. The van der Waals surface area contributed by atoms with Crippen molar-refractivity contribution in [3.05, 3.63) is 228 Å². The highest BCUT2D eigenvalue weighted by Gasteiger charge is 2.39. The monoisotopic (exact) mass is 806 g/mol. The largest absolute Gasteiger partial charge is 0.0622 e. The first-order valence-electron chi connectivity index (χ1n) is 22.6. The molecule has 0 unspecified atom stereocenters. The molecule has 3 aliphatic carbocycles. The van der Waals surface area contributed by atoms with Crippen LogP contribution in [0.1, 0.15) is 74.9 Å². The van der Waals surface area contributed by atoms with E-state index in [0.29, 0.717) is 0 Å². The van der Waals surface area contributed by atoms with E-state index < -0.39 is 0 Å². The summed E-state index contributed by atoms with van der Waals surface area (Å²) in [5, 5.41) is 0. The molecule has 0 saturated heterocycles. The van der Waals surface area contributed by atoms with Crippen LogP contribution >= 0.6 is 0 Å². The van der Waals surface area contributed by atoms with E-state index in [1.165, 1.54) is 122 Å². The highest BCUT2D eigenvalue weighted by atomic mass is 14.4. The van der Waals surface area contributed by atoms with Crippen molar-refractivity contribution >= 4 is 0 Å². The molecule has 0 heterocycles. The molecule has 0 fully saturated rings. The Morgan fingerprint density at radius 2 is 0.444 bits per heavy atom. The molecular weight excluding hydrogens is 757 g/mol. The quantitative estimate of drug-likeness (QED) is 0.163. The van der Waals surface area contributed by atoms with Crippen molar-refractivity contribution in [2.75, 3.05) is 0 Å². The van der Waals surface area contributed by atoms with Gasteiger partial charge in [0.2, 0.25) is 0 Å². The molecule has 12 rings (SSSR count). The van der Waals surface area contributed by atoms with Crippen molar-refractivity contribution in [3.8, 4) is 89.0 Å². The van der Waals surface area contributed by atoms with Gasteiger partial charge in [-0.25, -0.2) is 0 Å². The van der Waals surface area contributed by atoms with E-state index in [-0.39, 0.29) is 16.2 Å². The maximum atomic E-state index is 2.47. The highest BCUT2D eigenvalue weighted by molar-refractivity contribution is 5.90. The summed E-state index contributed by atoms with van der Waals surface area (Å²) in [7, 11) is 0. The van der Waals surface area contributed by atoms with Crippen molar-refractivity contribution in [3.63, 3.8) is 0 Å². The molecule has 0 heteroatoms. The minimum Gasteiger partial charge on any atom is -0.0622 e. The van der Waals surface area contributed by atoms with E-state index >= 15 is 0 Å². The first-order chi connectivity index (χ1) is 30.5. The summed E-state index contributed by atoms with van der Waals surface area (Å²) in [6.45, 7) is 14.4. The minimum atomic E-state index is -0.142. The molecule has 9 aromatic rings. The molecule has 0 N–H and O–H groups in total. The third-order valence-corrected chi connectivity index (χ3v) is 15.1. The molecule has 0 aromatic heterocycles. The van der Waals surface area contributed by atoms with E-state index in [1.54, 1.807) is 0 Å². The van der Waals surface area contributed by atoms with Gasteiger partial charge in [-0.3, -0.25) is 0 Å². The summed E-state index contributed by atoms with van der Waals surface area (Å²) in [6, 6.07) is 73.2. The van der Waals surface area contributed by atoms with Crippen LogP contribution in [0.15, 0.2) is 194 Å². The van der Waals surface area contributed by atoms with Gasteiger partial charge < -0.3 is 0 Å². The molecule has 9 aromatic carbocycles. The summed E-state index contributed by atoms with van der Waals surface area (Å²) >= 11 is 0. The third kappa shape index (κ3) is 5.67. The fraction of sp³-hybridized carbons (Fsp3) is 0.143. The Hall–Kier alpha value is -7.02. The van der Waals surface area contributed by atoms with Crippen LogP contribution in [0.2, 0.25) is 0 Å². The van der Waals surface area contributed by atoms with Gasteiger partial charge in [-0.15, -0.1) is 0 Å². The van der Waals surface area contributed by atoms with Crippen LogP contribution in [0.3, 0.4) is 0 Å². The molecule has 3 aliphatic rings. The smallest absolute Gasteiger partial charge is 0.0159 e. The van der Waals surface area contributed by atoms with Crippen LogP contribution in [0.25, 0.3) is 89.0 Å². The van der Waals surface area contributed by atoms with Crippen molar-refractivity contribution in [1.29, 1.82) is 0 Å². The first-order valence-corrected chi connectivity index (χ1v) is 22.6. The zero-order chi connectivity index (χ0) is 42.8. The van der Waals surface area contributed by atoms with Gasteiger partial charge in [-0.05, 0) is 165 Å². The van der Waals surface area contributed by atoms with Gasteiger partial charge in [0.1, 0.15) is 0 Å². The zero-order valence-electron chi connectivity index (χ0n) is 37.0. The van der Waals surface area contributed by atoms with Crippen LogP contribution in [0.4, 0.5) is 0 Å². The van der Waals surface area contributed by atoms with Crippen LogP contribution in [-0.4, -0.2) is 0 Å². The Balaban J connectivity index is 0.841. The van der Waals surface area contributed by atoms with Crippen molar-refractivity contribution < 1.29 is 0 Å². The van der Waals surface area contributed by atoms with Gasteiger partial charge in [-0.2, -0.15) is 0 Å². The second-order valence-electron chi connectivity index (χ2n) is 19.8.